The van der Waals surface area contributed by atoms with Gasteiger partial charge in [0.25, 0.3) is 5.91 Å². The number of hydrogen-bond acceptors (Lipinski definition) is 4. The lowest BCUT2D eigenvalue weighted by molar-refractivity contribution is -0.0338. The van der Waals surface area contributed by atoms with E-state index in [0.717, 1.165) is 24.3 Å². The molecule has 1 aliphatic rings. The van der Waals surface area contributed by atoms with Crippen LogP contribution in [0.1, 0.15) is 44.0 Å². The molecule has 1 aromatic rings. The minimum absolute atomic E-state index is 0.0224. The van der Waals surface area contributed by atoms with Gasteiger partial charge in [0.05, 0.1) is 24.5 Å². The highest BCUT2D eigenvalue weighted by atomic mass is 16.5. The van der Waals surface area contributed by atoms with Crippen LogP contribution in [0, 0.1) is 0 Å². The molecule has 1 saturated heterocycles. The summed E-state index contributed by atoms with van der Waals surface area (Å²) in [5, 5.41) is 3.56. The van der Waals surface area contributed by atoms with Crippen LogP contribution >= 0.6 is 0 Å². The third-order valence-corrected chi connectivity index (χ3v) is 3.99. The van der Waals surface area contributed by atoms with E-state index in [9.17, 15) is 4.79 Å². The van der Waals surface area contributed by atoms with E-state index in [1.807, 2.05) is 25.1 Å². The molecule has 0 saturated carbocycles. The molecule has 1 N–H and O–H groups in total. The van der Waals surface area contributed by atoms with Crippen molar-refractivity contribution in [2.75, 3.05) is 26.0 Å². The summed E-state index contributed by atoms with van der Waals surface area (Å²) in [4.78, 5) is 13.7. The summed E-state index contributed by atoms with van der Waals surface area (Å²) in [7, 11) is 3.50. The van der Waals surface area contributed by atoms with Crippen LogP contribution in [0.4, 0.5) is 5.69 Å². The summed E-state index contributed by atoms with van der Waals surface area (Å²) in [5.74, 6) is 0.706. The summed E-state index contributed by atoms with van der Waals surface area (Å²) in [6.07, 6.45) is 2.44. The lowest BCUT2D eigenvalue weighted by Gasteiger charge is -2.33. The molecule has 0 radical (unpaired) electrons. The number of nitrogens with one attached hydrogen (secondary N) is 1. The fraction of sp³-hybridized carbons (Fsp3) is 0.611. The molecule has 0 spiro atoms. The van der Waals surface area contributed by atoms with E-state index in [-0.39, 0.29) is 18.1 Å². The van der Waals surface area contributed by atoms with Gasteiger partial charge >= 0.3 is 0 Å². The lowest BCUT2D eigenvalue weighted by atomic mass is 9.99. The van der Waals surface area contributed by atoms with E-state index in [2.05, 4.69) is 19.2 Å². The van der Waals surface area contributed by atoms with Crippen LogP contribution in [-0.4, -0.2) is 49.8 Å². The van der Waals surface area contributed by atoms with Crippen molar-refractivity contribution in [1.82, 2.24) is 4.90 Å². The van der Waals surface area contributed by atoms with E-state index in [1.165, 1.54) is 0 Å². The summed E-state index contributed by atoms with van der Waals surface area (Å²) < 4.78 is 11.5. The molecule has 0 aliphatic carbocycles. The van der Waals surface area contributed by atoms with E-state index in [4.69, 9.17) is 9.47 Å². The van der Waals surface area contributed by atoms with Crippen LogP contribution in [0.2, 0.25) is 0 Å². The highest BCUT2D eigenvalue weighted by Gasteiger charge is 2.25. The molecule has 1 aromatic carbocycles. The van der Waals surface area contributed by atoms with Crippen LogP contribution in [0.3, 0.4) is 0 Å². The number of amides is 1. The summed E-state index contributed by atoms with van der Waals surface area (Å²) in [6.45, 7) is 6.72. The van der Waals surface area contributed by atoms with Gasteiger partial charge in [0.2, 0.25) is 0 Å². The van der Waals surface area contributed by atoms with Gasteiger partial charge in [-0.3, -0.25) is 4.79 Å². The molecule has 0 bridgehead atoms. The van der Waals surface area contributed by atoms with E-state index >= 15 is 0 Å². The zero-order valence-electron chi connectivity index (χ0n) is 14.8. The Morgan fingerprint density at radius 2 is 1.96 bits per heavy atom. The molecule has 1 aliphatic heterocycles. The van der Waals surface area contributed by atoms with Crippen LogP contribution in [0.15, 0.2) is 18.2 Å². The Morgan fingerprint density at radius 3 is 2.52 bits per heavy atom. The number of nitrogens with zero attached hydrogens (tertiary/aromatic N) is 1. The maximum absolute atomic E-state index is 12.1. The standard InChI is InChI=1S/C18H28N2O3/c1-6-22-17-11-14(18(21)20(4)5)7-8-16(17)19-15-9-12(2)23-13(3)10-15/h7-8,11-13,15,19H,6,9-10H2,1-5H3/t12-,13-/m1/s1. The highest BCUT2D eigenvalue weighted by molar-refractivity contribution is 5.95. The van der Waals surface area contributed by atoms with Crippen LogP contribution in [0.5, 0.6) is 5.75 Å². The number of carbonyl (C=O) groups is 1. The predicted octanol–water partition coefficient (Wildman–Crippen LogP) is 3.16. The van der Waals surface area contributed by atoms with Gasteiger partial charge < -0.3 is 19.7 Å². The maximum atomic E-state index is 12.1. The Bertz CT molecular complexity index is 535. The smallest absolute Gasteiger partial charge is 0.253 e. The van der Waals surface area contributed by atoms with Gasteiger partial charge in [0, 0.05) is 25.7 Å². The van der Waals surface area contributed by atoms with Crippen molar-refractivity contribution in [1.29, 1.82) is 0 Å². The Labute approximate surface area is 139 Å². The molecule has 128 valence electrons. The Kier molecular flexibility index (Phi) is 5.88. The molecular formula is C18H28N2O3. The minimum Gasteiger partial charge on any atom is -0.492 e. The van der Waals surface area contributed by atoms with Gasteiger partial charge in [-0.1, -0.05) is 0 Å². The Balaban J connectivity index is 2.18. The van der Waals surface area contributed by atoms with Crippen LogP contribution in [0.25, 0.3) is 0 Å². The third kappa shape index (κ3) is 4.61. The zero-order valence-corrected chi connectivity index (χ0v) is 14.8. The van der Waals surface area contributed by atoms with Crippen molar-refractivity contribution in [3.8, 4) is 5.75 Å². The van der Waals surface area contributed by atoms with Crippen molar-refractivity contribution < 1.29 is 14.3 Å². The first-order valence-electron chi connectivity index (χ1n) is 8.31. The monoisotopic (exact) mass is 320 g/mol. The van der Waals surface area contributed by atoms with Gasteiger partial charge in [0.15, 0.2) is 0 Å². The second kappa shape index (κ2) is 7.68. The first-order valence-corrected chi connectivity index (χ1v) is 8.31. The SMILES string of the molecule is CCOc1cc(C(=O)N(C)C)ccc1NC1C[C@@H](C)O[C@H](C)C1. The maximum Gasteiger partial charge on any atom is 0.253 e. The van der Waals surface area contributed by atoms with Crippen molar-refractivity contribution in [2.24, 2.45) is 0 Å². The summed E-state index contributed by atoms with van der Waals surface area (Å²) in [6, 6.07) is 5.95. The van der Waals surface area contributed by atoms with Crippen LogP contribution < -0.4 is 10.1 Å². The van der Waals surface area contributed by atoms with Crippen molar-refractivity contribution in [3.63, 3.8) is 0 Å². The molecule has 2 atom stereocenters. The Morgan fingerprint density at radius 1 is 1.30 bits per heavy atom. The number of anilines is 1. The quantitative estimate of drug-likeness (QED) is 0.905. The topological polar surface area (TPSA) is 50.8 Å². The summed E-state index contributed by atoms with van der Waals surface area (Å²) >= 11 is 0. The predicted molar refractivity (Wildman–Crippen MR) is 92.3 cm³/mol. The van der Waals surface area contributed by atoms with Crippen molar-refractivity contribution in [3.05, 3.63) is 23.8 Å². The molecular weight excluding hydrogens is 292 g/mol. The second-order valence-corrected chi connectivity index (χ2v) is 6.41. The molecule has 0 aromatic heterocycles. The molecule has 23 heavy (non-hydrogen) atoms. The van der Waals surface area contributed by atoms with Gasteiger partial charge in [-0.15, -0.1) is 0 Å². The van der Waals surface area contributed by atoms with Crippen LogP contribution in [-0.2, 0) is 4.74 Å². The van der Waals surface area contributed by atoms with Crippen molar-refractivity contribution >= 4 is 11.6 Å². The van der Waals surface area contributed by atoms with Gasteiger partial charge in [-0.2, -0.15) is 0 Å². The molecule has 1 fully saturated rings. The van der Waals surface area contributed by atoms with E-state index in [0.29, 0.717) is 18.2 Å². The lowest BCUT2D eigenvalue weighted by Crippen LogP contribution is -2.37. The van der Waals surface area contributed by atoms with Gasteiger partial charge in [-0.05, 0) is 51.8 Å². The first kappa shape index (κ1) is 17.6. The number of benzene rings is 1. The zero-order chi connectivity index (χ0) is 17.0. The largest absolute Gasteiger partial charge is 0.492 e. The fourth-order valence-corrected chi connectivity index (χ4v) is 3.05. The highest BCUT2D eigenvalue weighted by Crippen LogP contribution is 2.30. The third-order valence-electron chi connectivity index (χ3n) is 3.99. The number of hydrogen-bond donors (Lipinski definition) is 1. The number of carbonyl (C=O) groups excluding carboxylic acids is 1. The van der Waals surface area contributed by atoms with Gasteiger partial charge in [0.1, 0.15) is 5.75 Å². The normalized spacial score (nSPS) is 24.1. The van der Waals surface area contributed by atoms with E-state index < -0.39 is 0 Å². The number of ether oxygens (including phenoxy) is 2. The number of rotatable bonds is 5. The molecule has 1 amide bonds. The second-order valence-electron chi connectivity index (χ2n) is 6.41. The average Bonchev–Trinajstić information content (AvgIpc) is 2.47. The minimum atomic E-state index is -0.0224. The molecule has 1 heterocycles. The molecule has 0 unspecified atom stereocenters. The summed E-state index contributed by atoms with van der Waals surface area (Å²) in [5.41, 5.74) is 1.58. The fourth-order valence-electron chi connectivity index (χ4n) is 3.05. The Hall–Kier alpha value is -1.75. The molecule has 5 heteroatoms. The van der Waals surface area contributed by atoms with E-state index in [1.54, 1.807) is 19.0 Å². The van der Waals surface area contributed by atoms with Gasteiger partial charge in [-0.25, -0.2) is 0 Å². The molecule has 2 rings (SSSR count). The average molecular weight is 320 g/mol. The molecule has 5 nitrogen and oxygen atoms in total. The van der Waals surface area contributed by atoms with Crippen molar-refractivity contribution in [2.45, 2.75) is 51.9 Å². The first-order chi connectivity index (χ1) is 10.9.